The van der Waals surface area contributed by atoms with Crippen LogP contribution in [0.2, 0.25) is 0 Å². The summed E-state index contributed by atoms with van der Waals surface area (Å²) in [5.41, 5.74) is 1.15. The lowest BCUT2D eigenvalue weighted by molar-refractivity contribution is 0.102. The van der Waals surface area contributed by atoms with Gasteiger partial charge in [-0.05, 0) is 42.7 Å². The second kappa shape index (κ2) is 7.66. The van der Waals surface area contributed by atoms with Gasteiger partial charge in [-0.1, -0.05) is 30.3 Å². The van der Waals surface area contributed by atoms with Crippen molar-refractivity contribution in [3.8, 4) is 11.6 Å². The average molecular weight is 336 g/mol. The molecule has 24 heavy (non-hydrogen) atoms. The molecule has 5 heteroatoms. The number of hydrogen-bond donors (Lipinski definition) is 1. The summed E-state index contributed by atoms with van der Waals surface area (Å²) in [5, 5.41) is 2.92. The Labute approximate surface area is 144 Å². The molecule has 1 aromatic heterocycles. The Morgan fingerprint density at radius 1 is 1.00 bits per heavy atom. The third-order valence-electron chi connectivity index (χ3n) is 3.33. The maximum Gasteiger partial charge on any atom is 0.261 e. The van der Waals surface area contributed by atoms with Gasteiger partial charge in [0.15, 0.2) is 0 Å². The maximum absolute atomic E-state index is 12.7. The lowest BCUT2D eigenvalue weighted by Gasteiger charge is -2.12. The van der Waals surface area contributed by atoms with Crippen molar-refractivity contribution < 1.29 is 9.53 Å². The Morgan fingerprint density at radius 2 is 1.75 bits per heavy atom. The van der Waals surface area contributed by atoms with Crippen molar-refractivity contribution in [2.75, 3.05) is 11.6 Å². The number of aromatic nitrogens is 1. The molecule has 1 N–H and O–H groups in total. The molecular weight excluding hydrogens is 320 g/mol. The van der Waals surface area contributed by atoms with Crippen molar-refractivity contribution >= 4 is 23.4 Å². The molecule has 0 aliphatic heterocycles. The van der Waals surface area contributed by atoms with Crippen LogP contribution in [0.4, 0.5) is 5.69 Å². The lowest BCUT2D eigenvalue weighted by atomic mass is 10.2. The van der Waals surface area contributed by atoms with Crippen LogP contribution in [0.3, 0.4) is 0 Å². The van der Waals surface area contributed by atoms with Gasteiger partial charge in [-0.2, -0.15) is 0 Å². The van der Waals surface area contributed by atoms with Crippen LogP contribution >= 0.6 is 11.8 Å². The molecule has 0 radical (unpaired) electrons. The lowest BCUT2D eigenvalue weighted by Crippen LogP contribution is -2.14. The minimum absolute atomic E-state index is 0.254. The van der Waals surface area contributed by atoms with Gasteiger partial charge in [0.05, 0.1) is 5.69 Å². The Kier molecular flexibility index (Phi) is 5.13. The van der Waals surface area contributed by atoms with Crippen molar-refractivity contribution in [1.29, 1.82) is 0 Å². The van der Waals surface area contributed by atoms with Crippen LogP contribution in [0.15, 0.2) is 77.8 Å². The van der Waals surface area contributed by atoms with Gasteiger partial charge in [-0.25, -0.2) is 4.98 Å². The summed E-state index contributed by atoms with van der Waals surface area (Å²) < 4.78 is 5.75. The summed E-state index contributed by atoms with van der Waals surface area (Å²) in [7, 11) is 0. The summed E-state index contributed by atoms with van der Waals surface area (Å²) in [6.45, 7) is 0. The van der Waals surface area contributed by atoms with Gasteiger partial charge in [0.2, 0.25) is 5.88 Å². The first-order valence-corrected chi connectivity index (χ1v) is 8.62. The number of anilines is 1. The third kappa shape index (κ3) is 3.75. The monoisotopic (exact) mass is 336 g/mol. The summed E-state index contributed by atoms with van der Waals surface area (Å²) in [6.07, 6.45) is 3.57. The molecule has 4 nitrogen and oxygen atoms in total. The average Bonchev–Trinajstić information content (AvgIpc) is 2.63. The van der Waals surface area contributed by atoms with Crippen LogP contribution in [0, 0.1) is 0 Å². The van der Waals surface area contributed by atoms with Gasteiger partial charge < -0.3 is 10.1 Å². The first-order chi connectivity index (χ1) is 11.8. The minimum Gasteiger partial charge on any atom is -0.438 e. The van der Waals surface area contributed by atoms with E-state index in [1.807, 2.05) is 60.9 Å². The van der Waals surface area contributed by atoms with Crippen molar-refractivity contribution in [2.24, 2.45) is 0 Å². The number of pyridine rings is 1. The molecule has 0 bridgehead atoms. The van der Waals surface area contributed by atoms with E-state index in [4.69, 9.17) is 4.74 Å². The molecule has 1 amide bonds. The van der Waals surface area contributed by atoms with E-state index in [0.29, 0.717) is 11.3 Å². The number of carbonyl (C=O) groups is 1. The molecule has 0 saturated carbocycles. The number of amides is 1. The molecule has 120 valence electrons. The zero-order chi connectivity index (χ0) is 16.8. The highest BCUT2D eigenvalue weighted by Crippen LogP contribution is 2.27. The second-order valence-electron chi connectivity index (χ2n) is 4.93. The number of carbonyl (C=O) groups excluding carboxylic acids is 1. The molecule has 0 aliphatic rings. The van der Waals surface area contributed by atoms with E-state index >= 15 is 0 Å². The van der Waals surface area contributed by atoms with E-state index in [2.05, 4.69) is 10.3 Å². The number of thioether (sulfide) groups is 1. The summed E-state index contributed by atoms with van der Waals surface area (Å²) >= 11 is 1.58. The van der Waals surface area contributed by atoms with Crippen LogP contribution in [-0.2, 0) is 0 Å². The molecule has 3 aromatic rings. The number of nitrogens with one attached hydrogen (secondary N) is 1. The second-order valence-corrected chi connectivity index (χ2v) is 5.77. The third-order valence-corrected chi connectivity index (χ3v) is 4.12. The fourth-order valence-electron chi connectivity index (χ4n) is 2.18. The predicted octanol–water partition coefficient (Wildman–Crippen LogP) is 4.85. The molecule has 2 aromatic carbocycles. The van der Waals surface area contributed by atoms with Crippen LogP contribution < -0.4 is 10.1 Å². The summed E-state index contributed by atoms with van der Waals surface area (Å²) in [4.78, 5) is 17.8. The highest BCUT2D eigenvalue weighted by atomic mass is 32.2. The van der Waals surface area contributed by atoms with Crippen LogP contribution in [0.1, 0.15) is 10.4 Å². The predicted molar refractivity (Wildman–Crippen MR) is 96.9 cm³/mol. The molecule has 0 saturated heterocycles. The van der Waals surface area contributed by atoms with Gasteiger partial charge in [0, 0.05) is 11.1 Å². The zero-order valence-corrected chi connectivity index (χ0v) is 13.9. The van der Waals surface area contributed by atoms with Crippen molar-refractivity contribution in [3.63, 3.8) is 0 Å². The molecule has 0 spiro atoms. The number of ether oxygens (including phenoxy) is 1. The fraction of sp³-hybridized carbons (Fsp3) is 0.0526. The van der Waals surface area contributed by atoms with Gasteiger partial charge >= 0.3 is 0 Å². The Bertz CT molecular complexity index is 838. The molecule has 3 rings (SSSR count). The molecule has 1 heterocycles. The Hall–Kier alpha value is -2.79. The van der Waals surface area contributed by atoms with Crippen molar-refractivity contribution in [2.45, 2.75) is 4.90 Å². The largest absolute Gasteiger partial charge is 0.438 e. The summed E-state index contributed by atoms with van der Waals surface area (Å²) in [5.74, 6) is 0.660. The first-order valence-electron chi connectivity index (χ1n) is 7.40. The zero-order valence-electron chi connectivity index (χ0n) is 13.1. The van der Waals surface area contributed by atoms with E-state index in [1.165, 1.54) is 0 Å². The van der Waals surface area contributed by atoms with E-state index in [1.54, 1.807) is 30.1 Å². The normalized spacial score (nSPS) is 10.2. The van der Waals surface area contributed by atoms with Crippen molar-refractivity contribution in [1.82, 2.24) is 4.98 Å². The smallest absolute Gasteiger partial charge is 0.261 e. The van der Waals surface area contributed by atoms with E-state index in [9.17, 15) is 4.79 Å². The molecule has 0 unspecified atom stereocenters. The number of para-hydroxylation sites is 2. The fourth-order valence-corrected chi connectivity index (χ4v) is 2.74. The number of nitrogens with zero attached hydrogens (tertiary/aromatic N) is 1. The SMILES string of the molecule is CSc1ccccc1NC(=O)c1cccnc1Oc1ccccc1. The van der Waals surface area contributed by atoms with Crippen LogP contribution in [-0.4, -0.2) is 17.1 Å². The number of rotatable bonds is 5. The highest BCUT2D eigenvalue weighted by molar-refractivity contribution is 7.98. The maximum atomic E-state index is 12.7. The molecule has 0 atom stereocenters. The quantitative estimate of drug-likeness (QED) is 0.677. The van der Waals surface area contributed by atoms with E-state index < -0.39 is 0 Å². The highest BCUT2D eigenvalue weighted by Gasteiger charge is 2.15. The number of hydrogen-bond acceptors (Lipinski definition) is 4. The molecule has 0 fully saturated rings. The van der Waals surface area contributed by atoms with E-state index in [-0.39, 0.29) is 11.8 Å². The van der Waals surface area contributed by atoms with Crippen LogP contribution in [0.5, 0.6) is 11.6 Å². The Balaban J connectivity index is 1.85. The topological polar surface area (TPSA) is 51.2 Å². The standard InChI is InChI=1S/C19H16N2O2S/c1-24-17-12-6-5-11-16(17)21-18(22)15-10-7-13-20-19(15)23-14-8-3-2-4-9-14/h2-13H,1H3,(H,21,22). The Morgan fingerprint density at radius 3 is 2.54 bits per heavy atom. The van der Waals surface area contributed by atoms with Gasteiger partial charge in [-0.3, -0.25) is 4.79 Å². The molecule has 0 aliphatic carbocycles. The summed E-state index contributed by atoms with van der Waals surface area (Å²) in [6, 6.07) is 20.4. The van der Waals surface area contributed by atoms with Gasteiger partial charge in [0.1, 0.15) is 11.3 Å². The van der Waals surface area contributed by atoms with Crippen molar-refractivity contribution in [3.05, 3.63) is 78.5 Å². The van der Waals surface area contributed by atoms with E-state index in [0.717, 1.165) is 10.6 Å². The van der Waals surface area contributed by atoms with Crippen LogP contribution in [0.25, 0.3) is 0 Å². The number of benzene rings is 2. The van der Waals surface area contributed by atoms with Gasteiger partial charge in [-0.15, -0.1) is 11.8 Å². The molecular formula is C19H16N2O2S. The van der Waals surface area contributed by atoms with Gasteiger partial charge in [0.25, 0.3) is 5.91 Å². The first kappa shape index (κ1) is 16.1. The minimum atomic E-state index is -0.254.